The Bertz CT molecular complexity index is 717. The van der Waals surface area contributed by atoms with Gasteiger partial charge in [0.2, 0.25) is 10.0 Å². The molecule has 1 spiro atoms. The molecule has 158 valence electrons. The van der Waals surface area contributed by atoms with Gasteiger partial charge in [-0.2, -0.15) is 0 Å². The minimum Gasteiger partial charge on any atom is -0.389 e. The molecule has 0 aromatic heterocycles. The van der Waals surface area contributed by atoms with Crippen molar-refractivity contribution in [2.24, 2.45) is 5.41 Å². The van der Waals surface area contributed by atoms with Gasteiger partial charge in [-0.3, -0.25) is 0 Å². The number of piperidine rings is 1. The van der Waals surface area contributed by atoms with Gasteiger partial charge in [-0.15, -0.1) is 0 Å². The van der Waals surface area contributed by atoms with E-state index in [0.29, 0.717) is 13.1 Å². The SMILES string of the molecule is CCCN(C)CC1(O)CCC2(CCN(S(=O)(=O)Cc3ccccc3)CC2)CC1. The molecule has 0 radical (unpaired) electrons. The van der Waals surface area contributed by atoms with Crippen LogP contribution in [0.2, 0.25) is 0 Å². The molecule has 1 aromatic rings. The summed E-state index contributed by atoms with van der Waals surface area (Å²) < 4.78 is 27.3. The first-order chi connectivity index (χ1) is 13.3. The first-order valence-electron chi connectivity index (χ1n) is 10.7. The van der Waals surface area contributed by atoms with Crippen molar-refractivity contribution in [3.05, 3.63) is 35.9 Å². The molecule has 2 aliphatic rings. The topological polar surface area (TPSA) is 60.9 Å². The predicted octanol–water partition coefficient (Wildman–Crippen LogP) is 3.25. The summed E-state index contributed by atoms with van der Waals surface area (Å²) in [5, 5.41) is 11.0. The molecule has 0 atom stereocenters. The minimum atomic E-state index is -3.26. The van der Waals surface area contributed by atoms with Crippen LogP contribution in [0.3, 0.4) is 0 Å². The summed E-state index contributed by atoms with van der Waals surface area (Å²) in [4.78, 5) is 2.23. The van der Waals surface area contributed by atoms with E-state index in [1.54, 1.807) is 4.31 Å². The number of sulfonamides is 1. The smallest absolute Gasteiger partial charge is 0.218 e. The quantitative estimate of drug-likeness (QED) is 0.752. The van der Waals surface area contributed by atoms with Gasteiger partial charge in [-0.1, -0.05) is 37.3 Å². The summed E-state index contributed by atoms with van der Waals surface area (Å²) in [5.74, 6) is 0.0877. The van der Waals surface area contributed by atoms with E-state index >= 15 is 0 Å². The van der Waals surface area contributed by atoms with Crippen LogP contribution in [0.4, 0.5) is 0 Å². The number of rotatable bonds is 7. The van der Waals surface area contributed by atoms with Crippen molar-refractivity contribution >= 4 is 10.0 Å². The van der Waals surface area contributed by atoms with Crippen LogP contribution < -0.4 is 0 Å². The molecule has 3 rings (SSSR count). The Morgan fingerprint density at radius 2 is 1.64 bits per heavy atom. The molecule has 0 unspecified atom stereocenters. The molecule has 2 fully saturated rings. The second-order valence-electron chi connectivity index (χ2n) is 9.10. The van der Waals surface area contributed by atoms with E-state index < -0.39 is 15.6 Å². The Morgan fingerprint density at radius 3 is 2.21 bits per heavy atom. The molecule has 1 saturated carbocycles. The normalized spacial score (nSPS) is 22.6. The van der Waals surface area contributed by atoms with E-state index in [-0.39, 0.29) is 11.2 Å². The molecular formula is C22H36N2O3S. The van der Waals surface area contributed by atoms with Gasteiger partial charge in [-0.25, -0.2) is 12.7 Å². The Labute approximate surface area is 170 Å². The molecule has 1 aliphatic heterocycles. The highest BCUT2D eigenvalue weighted by atomic mass is 32.2. The molecule has 1 aromatic carbocycles. The largest absolute Gasteiger partial charge is 0.389 e. The highest BCUT2D eigenvalue weighted by molar-refractivity contribution is 7.88. The van der Waals surface area contributed by atoms with Crippen LogP contribution in [-0.2, 0) is 15.8 Å². The number of hydrogen-bond donors (Lipinski definition) is 1. The van der Waals surface area contributed by atoms with Crippen molar-refractivity contribution < 1.29 is 13.5 Å². The first kappa shape index (κ1) is 21.8. The number of benzene rings is 1. The van der Waals surface area contributed by atoms with E-state index in [0.717, 1.165) is 63.6 Å². The van der Waals surface area contributed by atoms with Gasteiger partial charge >= 0.3 is 0 Å². The Balaban J connectivity index is 1.53. The van der Waals surface area contributed by atoms with Gasteiger partial charge < -0.3 is 10.0 Å². The summed E-state index contributed by atoms with van der Waals surface area (Å²) in [7, 11) is -1.17. The van der Waals surface area contributed by atoms with Crippen LogP contribution in [0.25, 0.3) is 0 Å². The Hall–Kier alpha value is -0.950. The molecule has 0 bridgehead atoms. The number of nitrogens with zero attached hydrogens (tertiary/aromatic N) is 2. The monoisotopic (exact) mass is 408 g/mol. The molecule has 1 N–H and O–H groups in total. The van der Waals surface area contributed by atoms with E-state index in [4.69, 9.17) is 0 Å². The van der Waals surface area contributed by atoms with Crippen molar-refractivity contribution in [1.29, 1.82) is 0 Å². The molecule has 1 aliphatic carbocycles. The first-order valence-corrected chi connectivity index (χ1v) is 12.3. The van der Waals surface area contributed by atoms with Crippen LogP contribution in [0.5, 0.6) is 0 Å². The van der Waals surface area contributed by atoms with Gasteiger partial charge in [0.1, 0.15) is 0 Å². The summed E-state index contributed by atoms with van der Waals surface area (Å²) in [5.41, 5.74) is 0.488. The summed E-state index contributed by atoms with van der Waals surface area (Å²) in [6.45, 7) is 5.15. The van der Waals surface area contributed by atoms with Crippen molar-refractivity contribution in [2.45, 2.75) is 63.2 Å². The Kier molecular flexibility index (Phi) is 6.85. The molecule has 6 heteroatoms. The fraction of sp³-hybridized carbons (Fsp3) is 0.727. The van der Waals surface area contributed by atoms with Crippen molar-refractivity contribution in [2.75, 3.05) is 33.2 Å². The zero-order chi connectivity index (χ0) is 20.3. The van der Waals surface area contributed by atoms with Crippen LogP contribution in [0.1, 0.15) is 57.4 Å². The Morgan fingerprint density at radius 1 is 1.04 bits per heavy atom. The summed E-state index contributed by atoms with van der Waals surface area (Å²) in [6.07, 6.45) is 6.62. The second-order valence-corrected chi connectivity index (χ2v) is 11.1. The van der Waals surface area contributed by atoms with Gasteiger partial charge in [0.05, 0.1) is 11.4 Å². The molecule has 1 saturated heterocycles. The lowest BCUT2D eigenvalue weighted by Crippen LogP contribution is -2.50. The lowest BCUT2D eigenvalue weighted by Gasteiger charge is -2.48. The third kappa shape index (κ3) is 5.35. The summed E-state index contributed by atoms with van der Waals surface area (Å²) in [6, 6.07) is 9.43. The van der Waals surface area contributed by atoms with Gasteiger partial charge in [0.15, 0.2) is 0 Å². The maximum absolute atomic E-state index is 12.8. The van der Waals surface area contributed by atoms with Crippen molar-refractivity contribution in [3.63, 3.8) is 0 Å². The number of aliphatic hydroxyl groups is 1. The standard InChI is InChI=1S/C22H36N2O3S/c1-3-15-23(2)19-22(25)11-9-21(10-12-22)13-16-24(17-14-21)28(26,27)18-20-7-5-4-6-8-20/h4-8,25H,3,9-19H2,1-2H3. The van der Waals surface area contributed by atoms with Gasteiger partial charge in [0.25, 0.3) is 0 Å². The average Bonchev–Trinajstić information content (AvgIpc) is 2.66. The van der Waals surface area contributed by atoms with E-state index in [1.807, 2.05) is 30.3 Å². The van der Waals surface area contributed by atoms with Crippen LogP contribution in [-0.4, -0.2) is 61.6 Å². The zero-order valence-corrected chi connectivity index (χ0v) is 18.3. The molecule has 1 heterocycles. The number of likely N-dealkylation sites (N-methyl/N-ethyl adjacent to an activating group) is 1. The second kappa shape index (κ2) is 8.82. The van der Waals surface area contributed by atoms with Crippen molar-refractivity contribution in [3.8, 4) is 0 Å². The molecule has 0 amide bonds. The van der Waals surface area contributed by atoms with Gasteiger partial charge in [-0.05, 0) is 69.5 Å². The third-order valence-corrected chi connectivity index (χ3v) is 8.63. The fourth-order valence-corrected chi connectivity index (χ4v) is 6.52. The maximum Gasteiger partial charge on any atom is 0.218 e. The van der Waals surface area contributed by atoms with Crippen molar-refractivity contribution in [1.82, 2.24) is 9.21 Å². The maximum atomic E-state index is 12.8. The third-order valence-electron chi connectivity index (χ3n) is 6.78. The van der Waals surface area contributed by atoms with E-state index in [9.17, 15) is 13.5 Å². The average molecular weight is 409 g/mol. The van der Waals surface area contributed by atoms with Crippen LogP contribution >= 0.6 is 0 Å². The predicted molar refractivity (Wildman–Crippen MR) is 114 cm³/mol. The highest BCUT2D eigenvalue weighted by Gasteiger charge is 2.44. The van der Waals surface area contributed by atoms with Crippen LogP contribution in [0.15, 0.2) is 30.3 Å². The molecule has 28 heavy (non-hydrogen) atoms. The summed E-state index contributed by atoms with van der Waals surface area (Å²) >= 11 is 0. The lowest BCUT2D eigenvalue weighted by atomic mass is 9.64. The number of hydrogen-bond acceptors (Lipinski definition) is 4. The molecule has 5 nitrogen and oxygen atoms in total. The minimum absolute atomic E-state index is 0.0877. The van der Waals surface area contributed by atoms with Crippen LogP contribution in [0, 0.1) is 5.41 Å². The highest BCUT2D eigenvalue weighted by Crippen LogP contribution is 2.48. The molecular weight excluding hydrogens is 372 g/mol. The van der Waals surface area contributed by atoms with Gasteiger partial charge in [0, 0.05) is 19.6 Å². The van der Waals surface area contributed by atoms with E-state index in [1.165, 1.54) is 0 Å². The van der Waals surface area contributed by atoms with E-state index in [2.05, 4.69) is 18.9 Å². The fourth-order valence-electron chi connectivity index (χ4n) is 4.98. The zero-order valence-electron chi connectivity index (χ0n) is 17.4. The lowest BCUT2D eigenvalue weighted by molar-refractivity contribution is -0.0621.